The molecule has 2 saturated carbocycles. The van der Waals surface area contributed by atoms with Crippen LogP contribution < -0.4 is 5.32 Å². The number of guanidine groups is 1. The van der Waals surface area contributed by atoms with E-state index in [4.69, 9.17) is 4.99 Å². The number of hydrogen-bond donors (Lipinski definition) is 1. The van der Waals surface area contributed by atoms with Crippen molar-refractivity contribution >= 4 is 15.8 Å². The van der Waals surface area contributed by atoms with Crippen molar-refractivity contribution in [3.05, 3.63) is 0 Å². The molecule has 2 aliphatic carbocycles. The molecule has 4 rings (SSSR count). The van der Waals surface area contributed by atoms with Crippen LogP contribution >= 0.6 is 0 Å². The Morgan fingerprint density at radius 2 is 1.67 bits per heavy atom. The largest absolute Gasteiger partial charge is 0.353 e. The zero-order valence-electron chi connectivity index (χ0n) is 16.9. The van der Waals surface area contributed by atoms with Gasteiger partial charge in [0.15, 0.2) is 15.8 Å². The molecule has 0 amide bonds. The molecule has 0 aromatic heterocycles. The Morgan fingerprint density at radius 3 is 2.30 bits per heavy atom. The van der Waals surface area contributed by atoms with E-state index in [1.807, 2.05) is 0 Å². The van der Waals surface area contributed by atoms with E-state index in [0.717, 1.165) is 37.3 Å². The monoisotopic (exact) mass is 395 g/mol. The van der Waals surface area contributed by atoms with E-state index in [0.29, 0.717) is 30.0 Å². The summed E-state index contributed by atoms with van der Waals surface area (Å²) in [6.07, 6.45) is 11.5. The minimum atomic E-state index is -2.82. The fourth-order valence-electron chi connectivity index (χ4n) is 5.74. The van der Waals surface area contributed by atoms with Gasteiger partial charge in [0.25, 0.3) is 0 Å². The van der Waals surface area contributed by atoms with E-state index in [-0.39, 0.29) is 5.92 Å². The summed E-state index contributed by atoms with van der Waals surface area (Å²) in [5, 5.41) is 3.83. The molecular formula is C21H37N3O2S. The Kier molecular flexibility index (Phi) is 6.00. The Morgan fingerprint density at radius 1 is 1.00 bits per heavy atom. The number of likely N-dealkylation sites (tertiary alicyclic amines) is 1. The maximum Gasteiger partial charge on any atom is 0.194 e. The van der Waals surface area contributed by atoms with Gasteiger partial charge < -0.3 is 10.2 Å². The summed E-state index contributed by atoms with van der Waals surface area (Å²) in [7, 11) is -2.82. The van der Waals surface area contributed by atoms with Crippen molar-refractivity contribution in [2.45, 2.75) is 70.8 Å². The van der Waals surface area contributed by atoms with E-state index in [9.17, 15) is 8.42 Å². The molecule has 5 unspecified atom stereocenters. The average molecular weight is 396 g/mol. The topological polar surface area (TPSA) is 61.8 Å². The molecule has 2 saturated heterocycles. The standard InChI is InChI=1S/C21H37N3O2S/c1-16-6-2-5-9-20(16)23-21(22-12-17-10-11-27(25,26)15-17)24-13-18-7-3-4-8-19(18)14-24/h16-20H,2-15H2,1H3,(H,22,23). The zero-order chi connectivity index (χ0) is 18.9. The van der Waals surface area contributed by atoms with Gasteiger partial charge in [-0.05, 0) is 55.8 Å². The van der Waals surface area contributed by atoms with Gasteiger partial charge in [0.05, 0.1) is 11.5 Å². The molecule has 2 heterocycles. The average Bonchev–Trinajstić information content (AvgIpc) is 3.22. The Balaban J connectivity index is 1.45. The van der Waals surface area contributed by atoms with E-state index in [1.54, 1.807) is 0 Å². The van der Waals surface area contributed by atoms with Crippen LogP contribution in [0.5, 0.6) is 0 Å². The van der Waals surface area contributed by atoms with Crippen molar-refractivity contribution in [3.63, 3.8) is 0 Å². The molecular weight excluding hydrogens is 358 g/mol. The number of sulfone groups is 1. The van der Waals surface area contributed by atoms with Crippen LogP contribution in [0.1, 0.15) is 64.7 Å². The predicted molar refractivity (Wildman–Crippen MR) is 111 cm³/mol. The number of nitrogens with one attached hydrogen (secondary N) is 1. The van der Waals surface area contributed by atoms with E-state index >= 15 is 0 Å². The molecule has 5 atom stereocenters. The lowest BCUT2D eigenvalue weighted by Gasteiger charge is -2.33. The van der Waals surface area contributed by atoms with E-state index < -0.39 is 9.84 Å². The first-order valence-electron chi connectivity index (χ1n) is 11.3. The number of fused-ring (bicyclic) bond motifs is 1. The summed E-state index contributed by atoms with van der Waals surface area (Å²) >= 11 is 0. The predicted octanol–water partition coefficient (Wildman–Crippen LogP) is 3.07. The van der Waals surface area contributed by atoms with Gasteiger partial charge in [-0.3, -0.25) is 4.99 Å². The van der Waals surface area contributed by atoms with Gasteiger partial charge in [0.1, 0.15) is 0 Å². The second-order valence-corrected chi connectivity index (χ2v) is 11.9. The van der Waals surface area contributed by atoms with Gasteiger partial charge in [-0.1, -0.05) is 32.6 Å². The van der Waals surface area contributed by atoms with Crippen LogP contribution in [0.3, 0.4) is 0 Å². The summed E-state index contributed by atoms with van der Waals surface area (Å²) in [6, 6.07) is 0.521. The minimum Gasteiger partial charge on any atom is -0.353 e. The lowest BCUT2D eigenvalue weighted by molar-refractivity contribution is 0.297. The third-order valence-corrected chi connectivity index (χ3v) is 9.36. The molecule has 0 aromatic carbocycles. The summed E-state index contributed by atoms with van der Waals surface area (Å²) in [6.45, 7) is 5.30. The molecule has 1 N–H and O–H groups in total. The van der Waals surface area contributed by atoms with Crippen LogP contribution in [0.2, 0.25) is 0 Å². The number of aliphatic imine (C=N–C) groups is 1. The lowest BCUT2D eigenvalue weighted by Crippen LogP contribution is -2.48. The maximum absolute atomic E-state index is 11.8. The van der Waals surface area contributed by atoms with Crippen molar-refractivity contribution in [1.82, 2.24) is 10.2 Å². The Hall–Kier alpha value is -0.780. The number of rotatable bonds is 3. The highest BCUT2D eigenvalue weighted by molar-refractivity contribution is 7.91. The van der Waals surface area contributed by atoms with Crippen molar-refractivity contribution in [3.8, 4) is 0 Å². The summed E-state index contributed by atoms with van der Waals surface area (Å²) in [5.41, 5.74) is 0. The van der Waals surface area contributed by atoms with Crippen LogP contribution in [0.25, 0.3) is 0 Å². The molecule has 5 nitrogen and oxygen atoms in total. The molecule has 0 aromatic rings. The van der Waals surface area contributed by atoms with Crippen molar-refractivity contribution < 1.29 is 8.42 Å². The summed E-state index contributed by atoms with van der Waals surface area (Å²) in [4.78, 5) is 7.51. The molecule has 154 valence electrons. The Bertz CT molecular complexity index is 634. The fourth-order valence-corrected chi connectivity index (χ4v) is 7.59. The molecule has 0 spiro atoms. The van der Waals surface area contributed by atoms with Crippen LogP contribution in [0, 0.1) is 23.7 Å². The SMILES string of the molecule is CC1CCCCC1NC(=NCC1CCS(=O)(=O)C1)N1CC2CCCCC2C1. The molecule has 0 bridgehead atoms. The molecule has 4 fully saturated rings. The second-order valence-electron chi connectivity index (χ2n) is 9.66. The van der Waals surface area contributed by atoms with E-state index in [2.05, 4.69) is 17.1 Å². The third-order valence-electron chi connectivity index (χ3n) is 7.53. The van der Waals surface area contributed by atoms with Crippen molar-refractivity contribution in [2.24, 2.45) is 28.7 Å². The van der Waals surface area contributed by atoms with Gasteiger partial charge in [0.2, 0.25) is 0 Å². The highest BCUT2D eigenvalue weighted by atomic mass is 32.2. The van der Waals surface area contributed by atoms with Crippen LogP contribution in [-0.4, -0.2) is 56.5 Å². The normalized spacial score (nSPS) is 39.4. The molecule has 27 heavy (non-hydrogen) atoms. The van der Waals surface area contributed by atoms with Gasteiger partial charge in [-0.2, -0.15) is 0 Å². The van der Waals surface area contributed by atoms with Crippen molar-refractivity contribution in [1.29, 1.82) is 0 Å². The molecule has 4 aliphatic rings. The first-order valence-corrected chi connectivity index (χ1v) is 13.1. The Labute approximate surface area is 165 Å². The third kappa shape index (κ3) is 4.80. The highest BCUT2D eigenvalue weighted by Crippen LogP contribution is 2.36. The summed E-state index contributed by atoms with van der Waals surface area (Å²) < 4.78 is 23.6. The van der Waals surface area contributed by atoms with Gasteiger partial charge in [-0.15, -0.1) is 0 Å². The van der Waals surface area contributed by atoms with Gasteiger partial charge in [0, 0.05) is 25.7 Å². The first kappa shape index (κ1) is 19.5. The first-order chi connectivity index (χ1) is 13.0. The highest BCUT2D eigenvalue weighted by Gasteiger charge is 2.37. The minimum absolute atomic E-state index is 0.209. The molecule has 6 heteroatoms. The van der Waals surface area contributed by atoms with Gasteiger partial charge in [-0.25, -0.2) is 8.42 Å². The van der Waals surface area contributed by atoms with E-state index in [1.165, 1.54) is 51.4 Å². The zero-order valence-corrected chi connectivity index (χ0v) is 17.7. The molecule has 2 aliphatic heterocycles. The van der Waals surface area contributed by atoms with Crippen LogP contribution in [0.15, 0.2) is 4.99 Å². The molecule has 0 radical (unpaired) electrons. The smallest absolute Gasteiger partial charge is 0.194 e. The van der Waals surface area contributed by atoms with Crippen LogP contribution in [-0.2, 0) is 9.84 Å². The van der Waals surface area contributed by atoms with Crippen LogP contribution in [0.4, 0.5) is 0 Å². The number of nitrogens with zero attached hydrogens (tertiary/aromatic N) is 2. The fraction of sp³-hybridized carbons (Fsp3) is 0.952. The quantitative estimate of drug-likeness (QED) is 0.589. The van der Waals surface area contributed by atoms with Gasteiger partial charge >= 0.3 is 0 Å². The maximum atomic E-state index is 11.8. The van der Waals surface area contributed by atoms with Crippen molar-refractivity contribution in [2.75, 3.05) is 31.1 Å². The number of hydrogen-bond acceptors (Lipinski definition) is 3. The second kappa shape index (κ2) is 8.30. The summed E-state index contributed by atoms with van der Waals surface area (Å²) in [5.74, 6) is 4.33. The lowest BCUT2D eigenvalue weighted by atomic mass is 9.82.